The molecule has 37 heavy (non-hydrogen) atoms. The van der Waals surface area contributed by atoms with Gasteiger partial charge < -0.3 is 9.32 Å². The molecule has 1 fully saturated rings. The van der Waals surface area contributed by atoms with Crippen LogP contribution in [0.1, 0.15) is 34.8 Å². The SMILES string of the molecule is O=C(c1cccc(-c2ccco2)c1)N1CCCC(c2nc(-c3ccncc3)ncc2-c2ccccc2)C1. The molecule has 1 aliphatic heterocycles. The Balaban J connectivity index is 1.33. The van der Waals surface area contributed by atoms with Crippen molar-refractivity contribution in [1.82, 2.24) is 19.9 Å². The van der Waals surface area contributed by atoms with E-state index in [-0.39, 0.29) is 11.8 Å². The standard InChI is InChI=1S/C31H26N4O2/c36-31(25-10-4-9-24(19-25)28-12-6-18-37-28)35-17-5-11-26(21-35)29-27(22-7-2-1-3-8-22)20-33-30(34-29)23-13-15-32-16-14-23/h1-4,6-10,12-16,18-20,26H,5,11,17,21H2. The largest absolute Gasteiger partial charge is 0.464 e. The van der Waals surface area contributed by atoms with Gasteiger partial charge in [-0.1, -0.05) is 42.5 Å². The Labute approximate surface area is 215 Å². The average Bonchev–Trinajstić information content (AvgIpc) is 3.53. The maximum atomic E-state index is 13.6. The first-order chi connectivity index (χ1) is 18.3. The first-order valence-corrected chi connectivity index (χ1v) is 12.5. The molecule has 6 nitrogen and oxygen atoms in total. The summed E-state index contributed by atoms with van der Waals surface area (Å²) in [5, 5.41) is 0. The van der Waals surface area contributed by atoms with Crippen molar-refractivity contribution in [1.29, 1.82) is 0 Å². The van der Waals surface area contributed by atoms with Crippen molar-refractivity contribution in [2.45, 2.75) is 18.8 Å². The van der Waals surface area contributed by atoms with E-state index in [1.54, 1.807) is 18.7 Å². The van der Waals surface area contributed by atoms with E-state index >= 15 is 0 Å². The Morgan fingerprint density at radius 3 is 2.54 bits per heavy atom. The highest BCUT2D eigenvalue weighted by atomic mass is 16.3. The first-order valence-electron chi connectivity index (χ1n) is 12.5. The molecule has 0 radical (unpaired) electrons. The summed E-state index contributed by atoms with van der Waals surface area (Å²) >= 11 is 0. The lowest BCUT2D eigenvalue weighted by atomic mass is 9.89. The maximum absolute atomic E-state index is 13.6. The highest BCUT2D eigenvalue weighted by molar-refractivity contribution is 5.95. The van der Waals surface area contributed by atoms with Crippen LogP contribution in [0, 0.1) is 0 Å². The fourth-order valence-electron chi connectivity index (χ4n) is 5.00. The van der Waals surface area contributed by atoms with Crippen molar-refractivity contribution >= 4 is 5.91 Å². The zero-order valence-electron chi connectivity index (χ0n) is 20.3. The van der Waals surface area contributed by atoms with Crippen molar-refractivity contribution in [3.63, 3.8) is 0 Å². The Morgan fingerprint density at radius 2 is 1.73 bits per heavy atom. The van der Waals surface area contributed by atoms with Gasteiger partial charge in [0.1, 0.15) is 5.76 Å². The highest BCUT2D eigenvalue weighted by Crippen LogP contribution is 2.35. The molecule has 2 aromatic carbocycles. The van der Waals surface area contributed by atoms with Crippen LogP contribution in [0.5, 0.6) is 0 Å². The lowest BCUT2D eigenvalue weighted by Crippen LogP contribution is -2.39. The number of carbonyl (C=O) groups excluding carboxylic acids is 1. The van der Waals surface area contributed by atoms with Gasteiger partial charge in [0.2, 0.25) is 0 Å². The van der Waals surface area contributed by atoms with E-state index in [0.29, 0.717) is 17.9 Å². The molecule has 1 atom stereocenters. The fourth-order valence-corrected chi connectivity index (χ4v) is 5.00. The first kappa shape index (κ1) is 22.9. The van der Waals surface area contributed by atoms with Crippen LogP contribution >= 0.6 is 0 Å². The molecule has 4 heterocycles. The molecule has 0 bridgehead atoms. The van der Waals surface area contributed by atoms with Gasteiger partial charge in [-0.15, -0.1) is 0 Å². The van der Waals surface area contributed by atoms with Crippen LogP contribution in [-0.2, 0) is 0 Å². The van der Waals surface area contributed by atoms with Crippen LogP contribution in [0.25, 0.3) is 33.8 Å². The second-order valence-corrected chi connectivity index (χ2v) is 9.24. The molecule has 0 N–H and O–H groups in total. The molecule has 1 amide bonds. The van der Waals surface area contributed by atoms with Gasteiger partial charge in [0.15, 0.2) is 5.82 Å². The molecule has 0 spiro atoms. The highest BCUT2D eigenvalue weighted by Gasteiger charge is 2.29. The quantitative estimate of drug-likeness (QED) is 0.284. The molecule has 0 saturated carbocycles. The van der Waals surface area contributed by atoms with E-state index in [9.17, 15) is 4.79 Å². The second kappa shape index (κ2) is 10.2. The summed E-state index contributed by atoms with van der Waals surface area (Å²) in [4.78, 5) is 29.4. The third-order valence-corrected chi connectivity index (χ3v) is 6.85. The lowest BCUT2D eigenvalue weighted by Gasteiger charge is -2.33. The van der Waals surface area contributed by atoms with Gasteiger partial charge in [-0.2, -0.15) is 0 Å². The third kappa shape index (κ3) is 4.78. The minimum atomic E-state index is 0.0304. The van der Waals surface area contributed by atoms with Gasteiger partial charge in [-0.05, 0) is 54.8 Å². The molecule has 1 aliphatic rings. The topological polar surface area (TPSA) is 72.1 Å². The fraction of sp³-hybridized carbons (Fsp3) is 0.161. The van der Waals surface area contributed by atoms with Crippen LogP contribution in [-0.4, -0.2) is 38.8 Å². The number of benzene rings is 2. The van der Waals surface area contributed by atoms with Gasteiger partial charge in [0.25, 0.3) is 5.91 Å². The minimum Gasteiger partial charge on any atom is -0.464 e. The molecule has 1 unspecified atom stereocenters. The van der Waals surface area contributed by atoms with Crippen molar-refractivity contribution in [3.05, 3.63) is 115 Å². The number of furan rings is 1. The van der Waals surface area contributed by atoms with E-state index in [2.05, 4.69) is 22.1 Å². The zero-order chi connectivity index (χ0) is 25.0. The van der Waals surface area contributed by atoms with Gasteiger partial charge >= 0.3 is 0 Å². The Hall–Kier alpha value is -4.58. The number of piperidine rings is 1. The van der Waals surface area contributed by atoms with E-state index in [0.717, 1.165) is 53.1 Å². The smallest absolute Gasteiger partial charge is 0.253 e. The predicted molar refractivity (Wildman–Crippen MR) is 143 cm³/mol. The summed E-state index contributed by atoms with van der Waals surface area (Å²) in [7, 11) is 0. The van der Waals surface area contributed by atoms with Crippen LogP contribution in [0.2, 0.25) is 0 Å². The molecular formula is C31H26N4O2. The minimum absolute atomic E-state index is 0.0304. The maximum Gasteiger partial charge on any atom is 0.253 e. The van der Waals surface area contributed by atoms with Crippen molar-refractivity contribution in [2.24, 2.45) is 0 Å². The predicted octanol–water partition coefficient (Wildman–Crippen LogP) is 6.49. The number of hydrogen-bond donors (Lipinski definition) is 0. The van der Waals surface area contributed by atoms with Crippen LogP contribution < -0.4 is 0 Å². The molecule has 5 aromatic rings. The Morgan fingerprint density at radius 1 is 0.892 bits per heavy atom. The van der Waals surface area contributed by atoms with Crippen LogP contribution in [0.3, 0.4) is 0 Å². The number of hydrogen-bond acceptors (Lipinski definition) is 5. The summed E-state index contributed by atoms with van der Waals surface area (Å²) in [5.41, 5.74) is 5.56. The Kier molecular flexibility index (Phi) is 6.29. The van der Waals surface area contributed by atoms with Crippen molar-refractivity contribution in [2.75, 3.05) is 13.1 Å². The number of likely N-dealkylation sites (tertiary alicyclic amines) is 1. The van der Waals surface area contributed by atoms with Gasteiger partial charge in [-0.3, -0.25) is 9.78 Å². The van der Waals surface area contributed by atoms with Crippen molar-refractivity contribution < 1.29 is 9.21 Å². The normalized spacial score (nSPS) is 15.5. The van der Waals surface area contributed by atoms with Gasteiger partial charge in [-0.25, -0.2) is 9.97 Å². The molecular weight excluding hydrogens is 460 g/mol. The molecule has 6 rings (SSSR count). The molecule has 0 aliphatic carbocycles. The summed E-state index contributed by atoms with van der Waals surface area (Å²) in [6.07, 6.45) is 8.94. The van der Waals surface area contributed by atoms with E-state index in [1.165, 1.54) is 0 Å². The number of carbonyl (C=O) groups is 1. The lowest BCUT2D eigenvalue weighted by molar-refractivity contribution is 0.0706. The average molecular weight is 487 g/mol. The number of amides is 1. The van der Waals surface area contributed by atoms with Crippen LogP contribution in [0.15, 0.2) is 108 Å². The van der Waals surface area contributed by atoms with Gasteiger partial charge in [0, 0.05) is 59.9 Å². The summed E-state index contributed by atoms with van der Waals surface area (Å²) in [6, 6.07) is 25.5. The third-order valence-electron chi connectivity index (χ3n) is 6.85. The van der Waals surface area contributed by atoms with E-state index < -0.39 is 0 Å². The Bertz CT molecular complexity index is 1500. The summed E-state index contributed by atoms with van der Waals surface area (Å²) in [5.74, 6) is 1.56. The second-order valence-electron chi connectivity index (χ2n) is 9.24. The molecule has 6 heteroatoms. The van der Waals surface area contributed by atoms with Crippen LogP contribution in [0.4, 0.5) is 0 Å². The number of pyridine rings is 1. The monoisotopic (exact) mass is 486 g/mol. The van der Waals surface area contributed by atoms with Gasteiger partial charge in [0.05, 0.1) is 12.0 Å². The number of nitrogens with zero attached hydrogens (tertiary/aromatic N) is 4. The number of rotatable bonds is 5. The van der Waals surface area contributed by atoms with E-state index in [1.807, 2.05) is 77.8 Å². The molecule has 182 valence electrons. The summed E-state index contributed by atoms with van der Waals surface area (Å²) < 4.78 is 5.53. The zero-order valence-corrected chi connectivity index (χ0v) is 20.3. The van der Waals surface area contributed by atoms with Crippen molar-refractivity contribution in [3.8, 4) is 33.8 Å². The molecule has 1 saturated heterocycles. The number of aromatic nitrogens is 3. The van der Waals surface area contributed by atoms with E-state index in [4.69, 9.17) is 9.40 Å². The summed E-state index contributed by atoms with van der Waals surface area (Å²) in [6.45, 7) is 1.33. The molecule has 3 aromatic heterocycles.